The highest BCUT2D eigenvalue weighted by atomic mass is 16.5. The number of carbonyl (C=O) groups excluding carboxylic acids is 1. The molecule has 1 atom stereocenters. The highest BCUT2D eigenvalue weighted by Gasteiger charge is 2.36. The Morgan fingerprint density at radius 2 is 1.96 bits per heavy atom. The molecule has 1 saturated carbocycles. The first-order chi connectivity index (χ1) is 11.2. The molecule has 0 spiro atoms. The minimum absolute atomic E-state index is 0.0840. The lowest BCUT2D eigenvalue weighted by Gasteiger charge is -2.23. The Labute approximate surface area is 137 Å². The number of nitrogens with one attached hydrogen (secondary N) is 1. The topological polar surface area (TPSA) is 73.6 Å². The van der Waals surface area contributed by atoms with E-state index in [2.05, 4.69) is 5.32 Å². The zero-order valence-corrected chi connectivity index (χ0v) is 13.6. The number of rotatable bonds is 5. The first-order valence-corrected chi connectivity index (χ1v) is 8.60. The monoisotopic (exact) mass is 318 g/mol. The van der Waals surface area contributed by atoms with E-state index in [-0.39, 0.29) is 12.0 Å². The van der Waals surface area contributed by atoms with Crippen LogP contribution in [-0.2, 0) is 9.53 Å². The number of carbonyl (C=O) groups is 1. The molecule has 5 heteroatoms. The van der Waals surface area contributed by atoms with Crippen LogP contribution in [0.15, 0.2) is 24.3 Å². The summed E-state index contributed by atoms with van der Waals surface area (Å²) in [5, 5.41) is 2.91. The van der Waals surface area contributed by atoms with Gasteiger partial charge in [-0.05, 0) is 56.4 Å². The third kappa shape index (κ3) is 4.24. The number of benzene rings is 1. The largest absolute Gasteiger partial charge is 0.491 e. The van der Waals surface area contributed by atoms with Crippen LogP contribution in [0.25, 0.3) is 0 Å². The maximum Gasteiger partial charge on any atom is 0.244 e. The van der Waals surface area contributed by atoms with Gasteiger partial charge in [0.15, 0.2) is 0 Å². The van der Waals surface area contributed by atoms with Crippen molar-refractivity contribution in [2.75, 3.05) is 18.5 Å². The summed E-state index contributed by atoms with van der Waals surface area (Å²) in [5.41, 5.74) is 6.22. The summed E-state index contributed by atoms with van der Waals surface area (Å²) < 4.78 is 11.4. The van der Waals surface area contributed by atoms with Crippen molar-refractivity contribution >= 4 is 11.6 Å². The van der Waals surface area contributed by atoms with Gasteiger partial charge in [-0.15, -0.1) is 0 Å². The number of hydrogen-bond acceptors (Lipinski definition) is 4. The van der Waals surface area contributed by atoms with Gasteiger partial charge in [0.05, 0.1) is 11.6 Å². The average Bonchev–Trinajstić information content (AvgIpc) is 3.03. The lowest BCUT2D eigenvalue weighted by Crippen LogP contribution is -2.48. The molecular formula is C18H26N2O3. The zero-order chi connectivity index (χ0) is 16.1. The molecule has 5 nitrogen and oxygen atoms in total. The molecule has 0 aromatic heterocycles. The van der Waals surface area contributed by atoms with Crippen LogP contribution in [0.5, 0.6) is 5.75 Å². The number of amides is 1. The molecule has 1 heterocycles. The van der Waals surface area contributed by atoms with Gasteiger partial charge < -0.3 is 20.5 Å². The lowest BCUT2D eigenvalue weighted by atomic mass is 9.98. The van der Waals surface area contributed by atoms with Crippen LogP contribution in [0.1, 0.15) is 44.9 Å². The van der Waals surface area contributed by atoms with E-state index in [1.54, 1.807) is 0 Å². The third-order valence-corrected chi connectivity index (χ3v) is 4.77. The number of nitrogens with two attached hydrogens (primary N) is 1. The van der Waals surface area contributed by atoms with Crippen molar-refractivity contribution < 1.29 is 14.3 Å². The molecule has 0 bridgehead atoms. The fourth-order valence-electron chi connectivity index (χ4n) is 3.25. The summed E-state index contributed by atoms with van der Waals surface area (Å²) >= 11 is 0. The Bertz CT molecular complexity index is 518. The lowest BCUT2D eigenvalue weighted by molar-refractivity contribution is -0.121. The van der Waals surface area contributed by atoms with Gasteiger partial charge in [0.1, 0.15) is 12.4 Å². The minimum Gasteiger partial charge on any atom is -0.491 e. The first-order valence-electron chi connectivity index (χ1n) is 8.60. The van der Waals surface area contributed by atoms with Crippen molar-refractivity contribution in [2.45, 2.75) is 56.6 Å². The normalized spacial score (nSPS) is 23.4. The Hall–Kier alpha value is -1.59. The second-order valence-corrected chi connectivity index (χ2v) is 6.64. The van der Waals surface area contributed by atoms with Gasteiger partial charge in [-0.3, -0.25) is 4.79 Å². The van der Waals surface area contributed by atoms with Crippen molar-refractivity contribution in [3.05, 3.63) is 24.3 Å². The molecule has 0 radical (unpaired) electrons. The molecule has 1 aliphatic heterocycles. The summed E-state index contributed by atoms with van der Waals surface area (Å²) in [6, 6.07) is 7.45. The Morgan fingerprint density at radius 3 is 2.61 bits per heavy atom. The van der Waals surface area contributed by atoms with E-state index in [1.807, 2.05) is 24.3 Å². The van der Waals surface area contributed by atoms with E-state index in [4.69, 9.17) is 15.2 Å². The van der Waals surface area contributed by atoms with Crippen LogP contribution >= 0.6 is 0 Å². The molecular weight excluding hydrogens is 292 g/mol. The molecule has 3 N–H and O–H groups in total. The summed E-state index contributed by atoms with van der Waals surface area (Å²) in [4.78, 5) is 12.3. The highest BCUT2D eigenvalue weighted by Crippen LogP contribution is 2.28. The second kappa shape index (κ2) is 7.32. The summed E-state index contributed by atoms with van der Waals surface area (Å²) in [6.45, 7) is 1.41. The predicted molar refractivity (Wildman–Crippen MR) is 89.5 cm³/mol. The van der Waals surface area contributed by atoms with E-state index in [1.165, 1.54) is 6.42 Å². The van der Waals surface area contributed by atoms with E-state index in [9.17, 15) is 4.79 Å². The highest BCUT2D eigenvalue weighted by molar-refractivity contribution is 5.98. The van der Waals surface area contributed by atoms with Crippen molar-refractivity contribution in [3.63, 3.8) is 0 Å². The van der Waals surface area contributed by atoms with E-state index >= 15 is 0 Å². The Balaban J connectivity index is 1.49. The van der Waals surface area contributed by atoms with E-state index in [0.29, 0.717) is 6.61 Å². The van der Waals surface area contributed by atoms with Gasteiger partial charge >= 0.3 is 0 Å². The molecule has 2 aliphatic rings. The fraction of sp³-hybridized carbons (Fsp3) is 0.611. The van der Waals surface area contributed by atoms with Crippen LogP contribution in [0, 0.1) is 0 Å². The van der Waals surface area contributed by atoms with Gasteiger partial charge in [0, 0.05) is 12.3 Å². The van der Waals surface area contributed by atoms with Gasteiger partial charge in [0.2, 0.25) is 5.91 Å². The number of hydrogen-bond donors (Lipinski definition) is 2. The number of ether oxygens (including phenoxy) is 2. The van der Waals surface area contributed by atoms with Crippen LogP contribution in [0.2, 0.25) is 0 Å². The van der Waals surface area contributed by atoms with Gasteiger partial charge in [0.25, 0.3) is 0 Å². The second-order valence-electron chi connectivity index (χ2n) is 6.64. The predicted octanol–water partition coefficient (Wildman–Crippen LogP) is 2.84. The van der Waals surface area contributed by atoms with Crippen molar-refractivity contribution in [2.24, 2.45) is 5.73 Å². The molecule has 1 saturated heterocycles. The Kier molecular flexibility index (Phi) is 5.18. The first kappa shape index (κ1) is 16.3. The van der Waals surface area contributed by atoms with Crippen LogP contribution in [-0.4, -0.2) is 30.8 Å². The smallest absolute Gasteiger partial charge is 0.244 e. The molecule has 1 aliphatic carbocycles. The van der Waals surface area contributed by atoms with Crippen LogP contribution in [0.4, 0.5) is 5.69 Å². The van der Waals surface area contributed by atoms with Crippen molar-refractivity contribution in [1.82, 2.24) is 0 Å². The number of anilines is 1. The van der Waals surface area contributed by atoms with Crippen LogP contribution < -0.4 is 15.8 Å². The summed E-state index contributed by atoms with van der Waals surface area (Å²) in [6.07, 6.45) is 7.20. The molecule has 1 unspecified atom stereocenters. The van der Waals surface area contributed by atoms with E-state index in [0.717, 1.165) is 56.6 Å². The van der Waals surface area contributed by atoms with Crippen molar-refractivity contribution in [1.29, 1.82) is 0 Å². The summed E-state index contributed by atoms with van der Waals surface area (Å²) in [5.74, 6) is 0.708. The van der Waals surface area contributed by atoms with Gasteiger partial charge in [-0.2, -0.15) is 0 Å². The molecule has 126 valence electrons. The molecule has 1 amide bonds. The SMILES string of the molecule is NC1(C(=O)Nc2ccc(OCC3CCCCO3)cc2)CCCC1. The van der Waals surface area contributed by atoms with Gasteiger partial charge in [-0.1, -0.05) is 12.8 Å². The van der Waals surface area contributed by atoms with E-state index < -0.39 is 5.54 Å². The molecule has 3 rings (SSSR count). The molecule has 23 heavy (non-hydrogen) atoms. The third-order valence-electron chi connectivity index (χ3n) is 4.77. The fourth-order valence-corrected chi connectivity index (χ4v) is 3.25. The van der Waals surface area contributed by atoms with Crippen LogP contribution in [0.3, 0.4) is 0 Å². The summed E-state index contributed by atoms with van der Waals surface area (Å²) in [7, 11) is 0. The molecule has 1 aromatic rings. The maximum atomic E-state index is 12.3. The Morgan fingerprint density at radius 1 is 1.22 bits per heavy atom. The van der Waals surface area contributed by atoms with Crippen molar-refractivity contribution in [3.8, 4) is 5.75 Å². The average molecular weight is 318 g/mol. The molecule has 1 aromatic carbocycles. The maximum absolute atomic E-state index is 12.3. The minimum atomic E-state index is -0.701. The molecule has 2 fully saturated rings. The quantitative estimate of drug-likeness (QED) is 0.875. The zero-order valence-electron chi connectivity index (χ0n) is 13.6. The standard InChI is InChI=1S/C18H26N2O3/c19-18(10-2-3-11-18)17(21)20-14-6-8-15(9-7-14)23-13-16-5-1-4-12-22-16/h6-9,16H,1-5,10-13,19H2,(H,20,21). The van der Waals surface area contributed by atoms with Gasteiger partial charge in [-0.25, -0.2) is 0 Å².